The molecule has 4 rings (SSSR count). The topological polar surface area (TPSA) is 56.4 Å². The Morgan fingerprint density at radius 2 is 1.88 bits per heavy atom. The minimum absolute atomic E-state index is 0. The summed E-state index contributed by atoms with van der Waals surface area (Å²) in [6.45, 7) is 1.85. The zero-order valence-corrected chi connectivity index (χ0v) is 19.7. The summed E-state index contributed by atoms with van der Waals surface area (Å²) in [5.74, 6) is 2.60. The molecule has 0 aliphatic carbocycles. The first-order chi connectivity index (χ1) is 15.1. The number of amides is 1. The van der Waals surface area contributed by atoms with Gasteiger partial charge in [0.25, 0.3) is 11.7 Å². The Bertz CT molecular complexity index is 1080. The van der Waals surface area contributed by atoms with Gasteiger partial charge in [0.05, 0.1) is 27.2 Å². The van der Waals surface area contributed by atoms with Gasteiger partial charge >= 0.3 is 0 Å². The molecule has 6 nitrogen and oxygen atoms in total. The second-order valence-corrected chi connectivity index (χ2v) is 8.05. The smallest absolute Gasteiger partial charge is 0.262 e. The van der Waals surface area contributed by atoms with Gasteiger partial charge in [0.1, 0.15) is 6.20 Å². The summed E-state index contributed by atoms with van der Waals surface area (Å²) in [5.41, 5.74) is 3.32. The zero-order chi connectivity index (χ0) is 21.8. The van der Waals surface area contributed by atoms with Crippen LogP contribution in [0.1, 0.15) is 17.8 Å². The van der Waals surface area contributed by atoms with Gasteiger partial charge in [-0.2, -0.15) is 0 Å². The molecule has 1 aliphatic rings. The highest BCUT2D eigenvalue weighted by Gasteiger charge is 2.29. The Morgan fingerprint density at radius 1 is 1.12 bits per heavy atom. The number of fused-ring (bicyclic) bond motifs is 1. The first kappa shape index (κ1) is 24.0. The molecule has 1 aromatic heterocycles. The molecule has 0 bridgehead atoms. The molecular formula is C24H27Cl2N3O3. The van der Waals surface area contributed by atoms with Crippen LogP contribution in [0, 0.1) is 0 Å². The van der Waals surface area contributed by atoms with E-state index in [0.29, 0.717) is 24.6 Å². The largest absolute Gasteiger partial charge is 1.00 e. The van der Waals surface area contributed by atoms with E-state index in [1.807, 2.05) is 42.5 Å². The number of aromatic nitrogens is 2. The molecular weight excluding hydrogens is 449 g/mol. The third kappa shape index (κ3) is 5.19. The molecule has 32 heavy (non-hydrogen) atoms. The second-order valence-electron chi connectivity index (χ2n) is 7.61. The van der Waals surface area contributed by atoms with Crippen LogP contribution < -0.4 is 31.8 Å². The third-order valence-electron chi connectivity index (χ3n) is 5.63. The first-order valence-corrected chi connectivity index (χ1v) is 10.8. The van der Waals surface area contributed by atoms with Crippen molar-refractivity contribution in [3.05, 3.63) is 65.1 Å². The van der Waals surface area contributed by atoms with Crippen LogP contribution in [0.2, 0.25) is 5.02 Å². The van der Waals surface area contributed by atoms with Crippen LogP contribution in [0.25, 0.3) is 11.3 Å². The number of imidazole rings is 1. The minimum atomic E-state index is 0. The summed E-state index contributed by atoms with van der Waals surface area (Å²) in [4.78, 5) is 12.6. The van der Waals surface area contributed by atoms with E-state index in [2.05, 4.69) is 20.6 Å². The SMILES string of the molecule is COc1ccc(CCNC(=O)C[n+]2cc(-c3ccc(Cl)cc3)n3c2CCC3)cc1OC.[Cl-]. The summed E-state index contributed by atoms with van der Waals surface area (Å²) < 4.78 is 15.0. The predicted octanol–water partition coefficient (Wildman–Crippen LogP) is 0.422. The van der Waals surface area contributed by atoms with Crippen molar-refractivity contribution in [1.29, 1.82) is 0 Å². The highest BCUT2D eigenvalue weighted by atomic mass is 35.5. The number of carbonyl (C=O) groups excluding carboxylic acids is 1. The van der Waals surface area contributed by atoms with Crippen LogP contribution in [-0.2, 0) is 30.7 Å². The summed E-state index contributed by atoms with van der Waals surface area (Å²) >= 11 is 6.04. The van der Waals surface area contributed by atoms with Gasteiger partial charge in [0.2, 0.25) is 0 Å². The molecule has 0 radical (unpaired) electrons. The standard InChI is InChI=1S/C24H26ClN3O3.ClH/c1-30-21-10-5-17(14-22(21)31-2)11-12-26-23(29)16-27-15-20(28-13-3-4-24(27)28)18-6-8-19(25)9-7-18;/h5-10,14-15H,3-4,11-13,16H2,1-2H3;1H. The van der Waals surface area contributed by atoms with Crippen LogP contribution in [0.15, 0.2) is 48.7 Å². The summed E-state index contributed by atoms with van der Waals surface area (Å²) in [7, 11) is 3.24. The van der Waals surface area contributed by atoms with Crippen molar-refractivity contribution in [1.82, 2.24) is 9.88 Å². The lowest BCUT2D eigenvalue weighted by Gasteiger charge is -2.10. The third-order valence-corrected chi connectivity index (χ3v) is 5.88. The fraction of sp³-hybridized carbons (Fsp3) is 0.333. The molecule has 0 saturated heterocycles. The number of benzene rings is 2. The molecule has 170 valence electrons. The van der Waals surface area contributed by atoms with Gasteiger partial charge < -0.3 is 27.2 Å². The monoisotopic (exact) mass is 475 g/mol. The van der Waals surface area contributed by atoms with Crippen molar-refractivity contribution in [3.8, 4) is 22.8 Å². The van der Waals surface area contributed by atoms with Crippen molar-refractivity contribution < 1.29 is 31.2 Å². The van der Waals surface area contributed by atoms with Crippen LogP contribution in [0.4, 0.5) is 0 Å². The maximum Gasteiger partial charge on any atom is 0.262 e. The molecule has 0 fully saturated rings. The molecule has 1 aliphatic heterocycles. The van der Waals surface area contributed by atoms with Crippen LogP contribution in [0.5, 0.6) is 11.5 Å². The van der Waals surface area contributed by atoms with Crippen LogP contribution in [-0.4, -0.2) is 31.2 Å². The molecule has 2 heterocycles. The summed E-state index contributed by atoms with van der Waals surface area (Å²) in [6.07, 6.45) is 4.87. The Morgan fingerprint density at radius 3 is 2.59 bits per heavy atom. The minimum Gasteiger partial charge on any atom is -1.00 e. The van der Waals surface area contributed by atoms with E-state index < -0.39 is 0 Å². The van der Waals surface area contributed by atoms with Crippen molar-refractivity contribution in [3.63, 3.8) is 0 Å². The average molecular weight is 476 g/mol. The van der Waals surface area contributed by atoms with Crippen molar-refractivity contribution >= 4 is 17.5 Å². The van der Waals surface area contributed by atoms with Crippen molar-refractivity contribution in [2.45, 2.75) is 32.4 Å². The summed E-state index contributed by atoms with van der Waals surface area (Å²) in [5, 5.41) is 3.76. The fourth-order valence-corrected chi connectivity index (χ4v) is 4.22. The van der Waals surface area contributed by atoms with E-state index in [-0.39, 0.29) is 18.3 Å². The zero-order valence-electron chi connectivity index (χ0n) is 18.2. The van der Waals surface area contributed by atoms with Crippen LogP contribution >= 0.6 is 11.6 Å². The Kier molecular flexibility index (Phi) is 8.04. The number of methoxy groups -OCH3 is 2. The van der Waals surface area contributed by atoms with Gasteiger partial charge in [-0.25, -0.2) is 9.13 Å². The highest BCUT2D eigenvalue weighted by molar-refractivity contribution is 6.30. The number of rotatable bonds is 8. The van der Waals surface area contributed by atoms with Gasteiger partial charge in [-0.15, -0.1) is 0 Å². The maximum absolute atomic E-state index is 12.6. The van der Waals surface area contributed by atoms with Gasteiger partial charge in [0, 0.05) is 17.1 Å². The van der Waals surface area contributed by atoms with Crippen LogP contribution in [0.3, 0.4) is 0 Å². The average Bonchev–Trinajstić information content (AvgIpc) is 3.38. The van der Waals surface area contributed by atoms with Gasteiger partial charge in [0.15, 0.2) is 23.7 Å². The Labute approximate surface area is 199 Å². The van der Waals surface area contributed by atoms with E-state index in [1.165, 1.54) is 5.82 Å². The number of hydrogen-bond donors (Lipinski definition) is 1. The maximum atomic E-state index is 12.6. The molecule has 8 heteroatoms. The quantitative estimate of drug-likeness (QED) is 0.480. The number of nitrogens with zero attached hydrogens (tertiary/aromatic N) is 2. The number of nitrogens with one attached hydrogen (secondary N) is 1. The van der Waals surface area contributed by atoms with E-state index in [1.54, 1.807) is 14.2 Å². The number of carbonyl (C=O) groups is 1. The number of hydrogen-bond acceptors (Lipinski definition) is 3. The molecule has 0 spiro atoms. The Hall–Kier alpha value is -2.70. The normalized spacial score (nSPS) is 12.1. The van der Waals surface area contributed by atoms with Gasteiger partial charge in [-0.1, -0.05) is 17.7 Å². The van der Waals surface area contributed by atoms with Crippen molar-refractivity contribution in [2.75, 3.05) is 20.8 Å². The molecule has 0 atom stereocenters. The number of ether oxygens (including phenoxy) is 2. The van der Waals surface area contributed by atoms with Gasteiger partial charge in [-0.3, -0.25) is 4.79 Å². The van der Waals surface area contributed by atoms with E-state index in [4.69, 9.17) is 21.1 Å². The molecule has 2 aromatic carbocycles. The predicted molar refractivity (Wildman–Crippen MR) is 120 cm³/mol. The molecule has 1 N–H and O–H groups in total. The Balaban J connectivity index is 0.00000289. The second kappa shape index (κ2) is 10.7. The number of halogens is 2. The molecule has 0 saturated carbocycles. The fourth-order valence-electron chi connectivity index (χ4n) is 4.09. The highest BCUT2D eigenvalue weighted by Crippen LogP contribution is 2.28. The van der Waals surface area contributed by atoms with Crippen molar-refractivity contribution in [2.24, 2.45) is 0 Å². The van der Waals surface area contributed by atoms with E-state index >= 15 is 0 Å². The lowest BCUT2D eigenvalue weighted by Crippen LogP contribution is -3.00. The van der Waals surface area contributed by atoms with E-state index in [0.717, 1.165) is 47.7 Å². The lowest BCUT2D eigenvalue weighted by molar-refractivity contribution is -0.690. The molecule has 1 amide bonds. The van der Waals surface area contributed by atoms with E-state index in [9.17, 15) is 4.79 Å². The molecule has 0 unspecified atom stereocenters. The first-order valence-electron chi connectivity index (χ1n) is 10.4. The lowest BCUT2D eigenvalue weighted by atomic mass is 10.1. The summed E-state index contributed by atoms with van der Waals surface area (Å²) in [6, 6.07) is 13.7. The molecule has 3 aromatic rings. The van der Waals surface area contributed by atoms with Gasteiger partial charge in [-0.05, 0) is 54.8 Å².